The van der Waals surface area contributed by atoms with E-state index in [1.807, 2.05) is 10.6 Å². The second kappa shape index (κ2) is 3.44. The van der Waals surface area contributed by atoms with Crippen molar-refractivity contribution in [1.82, 2.24) is 9.55 Å². The summed E-state index contributed by atoms with van der Waals surface area (Å²) in [7, 11) is 1.43. The summed E-state index contributed by atoms with van der Waals surface area (Å²) < 4.78 is 7.07. The van der Waals surface area contributed by atoms with Crippen molar-refractivity contribution in [1.29, 1.82) is 0 Å². The monoisotopic (exact) mass is 233 g/mol. The molecule has 1 aromatic heterocycles. The third-order valence-electron chi connectivity index (χ3n) is 3.12. The maximum absolute atomic E-state index is 11.1. The number of fused-ring (bicyclic) bond motifs is 3. The Morgan fingerprint density at radius 1 is 1.53 bits per heavy atom. The highest BCUT2D eigenvalue weighted by molar-refractivity contribution is 5.88. The molecule has 0 aliphatic carbocycles. The van der Waals surface area contributed by atoms with E-state index in [9.17, 15) is 10.1 Å². The standard InChI is InChI=1S/C11H11N3O3/c1-17-8-5-4-7-10(11(8)14(15)16)12-9-3-2-6-13(7)9/h4-5H,2-3,6H2,1H3. The Labute approximate surface area is 97.0 Å². The minimum absolute atomic E-state index is 0.0353. The van der Waals surface area contributed by atoms with Gasteiger partial charge >= 0.3 is 5.69 Å². The largest absolute Gasteiger partial charge is 0.490 e. The number of nitro benzene ring substituents is 1. The predicted molar refractivity (Wildman–Crippen MR) is 61.3 cm³/mol. The third kappa shape index (κ3) is 1.30. The number of rotatable bonds is 2. The summed E-state index contributed by atoms with van der Waals surface area (Å²) in [5, 5.41) is 11.1. The van der Waals surface area contributed by atoms with Crippen LogP contribution in [0.1, 0.15) is 12.2 Å². The van der Waals surface area contributed by atoms with Gasteiger partial charge < -0.3 is 9.30 Å². The maximum Gasteiger partial charge on any atom is 0.338 e. The molecule has 0 saturated heterocycles. The Kier molecular flexibility index (Phi) is 2.04. The lowest BCUT2D eigenvalue weighted by atomic mass is 10.2. The first-order valence-electron chi connectivity index (χ1n) is 5.43. The zero-order chi connectivity index (χ0) is 12.0. The highest BCUT2D eigenvalue weighted by atomic mass is 16.6. The number of benzene rings is 1. The molecule has 6 heteroatoms. The van der Waals surface area contributed by atoms with E-state index in [-0.39, 0.29) is 11.4 Å². The predicted octanol–water partition coefficient (Wildman–Crippen LogP) is 1.90. The molecule has 17 heavy (non-hydrogen) atoms. The van der Waals surface area contributed by atoms with Gasteiger partial charge in [0, 0.05) is 13.0 Å². The molecule has 0 unspecified atom stereocenters. The zero-order valence-electron chi connectivity index (χ0n) is 9.34. The number of ether oxygens (including phenoxy) is 1. The molecule has 88 valence electrons. The molecule has 2 heterocycles. The van der Waals surface area contributed by atoms with Gasteiger partial charge in [0.15, 0.2) is 11.3 Å². The average molecular weight is 233 g/mol. The third-order valence-corrected chi connectivity index (χ3v) is 3.12. The molecule has 2 aromatic rings. The Bertz CT molecular complexity index is 618. The molecule has 0 saturated carbocycles. The molecule has 1 aliphatic rings. The van der Waals surface area contributed by atoms with Crippen molar-refractivity contribution < 1.29 is 9.66 Å². The van der Waals surface area contributed by atoms with Gasteiger partial charge in [0.2, 0.25) is 0 Å². The van der Waals surface area contributed by atoms with E-state index in [0.717, 1.165) is 30.7 Å². The van der Waals surface area contributed by atoms with Crippen molar-refractivity contribution in [3.05, 3.63) is 28.1 Å². The summed E-state index contributed by atoms with van der Waals surface area (Å²) in [5.74, 6) is 1.19. The van der Waals surface area contributed by atoms with Crippen LogP contribution in [-0.4, -0.2) is 21.6 Å². The molecule has 0 atom stereocenters. The molecule has 3 rings (SSSR count). The van der Waals surface area contributed by atoms with Crippen LogP contribution in [0.25, 0.3) is 11.0 Å². The van der Waals surface area contributed by atoms with Gasteiger partial charge in [-0.05, 0) is 18.6 Å². The number of aromatic nitrogens is 2. The Morgan fingerprint density at radius 3 is 3.06 bits per heavy atom. The quantitative estimate of drug-likeness (QED) is 0.586. The van der Waals surface area contributed by atoms with Crippen LogP contribution in [-0.2, 0) is 13.0 Å². The van der Waals surface area contributed by atoms with Crippen LogP contribution in [0.4, 0.5) is 5.69 Å². The van der Waals surface area contributed by atoms with E-state index in [4.69, 9.17) is 4.74 Å². The van der Waals surface area contributed by atoms with Crippen LogP contribution < -0.4 is 4.74 Å². The number of nitro groups is 1. The smallest absolute Gasteiger partial charge is 0.338 e. The molecule has 0 fully saturated rings. The zero-order valence-corrected chi connectivity index (χ0v) is 9.34. The minimum Gasteiger partial charge on any atom is -0.490 e. The summed E-state index contributed by atoms with van der Waals surface area (Å²) in [5.41, 5.74) is 1.22. The van der Waals surface area contributed by atoms with Gasteiger partial charge in [-0.3, -0.25) is 10.1 Å². The molecule has 0 bridgehead atoms. The van der Waals surface area contributed by atoms with Crippen molar-refractivity contribution in [3.8, 4) is 5.75 Å². The summed E-state index contributed by atoms with van der Waals surface area (Å²) >= 11 is 0. The van der Waals surface area contributed by atoms with Crippen LogP contribution in [0.2, 0.25) is 0 Å². The molecular weight excluding hydrogens is 222 g/mol. The summed E-state index contributed by atoms with van der Waals surface area (Å²) in [6, 6.07) is 3.47. The van der Waals surface area contributed by atoms with Crippen LogP contribution in [0.3, 0.4) is 0 Å². The Balaban J connectivity index is 2.37. The van der Waals surface area contributed by atoms with E-state index < -0.39 is 4.92 Å². The lowest BCUT2D eigenvalue weighted by Gasteiger charge is -2.03. The summed E-state index contributed by atoms with van der Waals surface area (Å²) in [6.45, 7) is 0.884. The van der Waals surface area contributed by atoms with Crippen molar-refractivity contribution in [2.45, 2.75) is 19.4 Å². The minimum atomic E-state index is -0.427. The van der Waals surface area contributed by atoms with Gasteiger partial charge in [0.05, 0.1) is 17.5 Å². The van der Waals surface area contributed by atoms with E-state index in [1.54, 1.807) is 6.07 Å². The van der Waals surface area contributed by atoms with Crippen molar-refractivity contribution in [2.75, 3.05) is 7.11 Å². The summed E-state index contributed by atoms with van der Waals surface area (Å²) in [4.78, 5) is 15.0. The van der Waals surface area contributed by atoms with Crippen LogP contribution in [0, 0.1) is 10.1 Å². The lowest BCUT2D eigenvalue weighted by molar-refractivity contribution is -0.384. The van der Waals surface area contributed by atoms with E-state index >= 15 is 0 Å². The Morgan fingerprint density at radius 2 is 2.35 bits per heavy atom. The van der Waals surface area contributed by atoms with Gasteiger partial charge in [0.25, 0.3) is 0 Å². The first-order chi connectivity index (χ1) is 8.22. The van der Waals surface area contributed by atoms with Gasteiger partial charge in [-0.15, -0.1) is 0 Å². The number of aryl methyl sites for hydroxylation is 2. The van der Waals surface area contributed by atoms with Crippen molar-refractivity contribution in [2.24, 2.45) is 0 Å². The van der Waals surface area contributed by atoms with Crippen LogP contribution in [0.5, 0.6) is 5.75 Å². The normalized spacial score (nSPS) is 13.9. The SMILES string of the molecule is COc1ccc2c(nc3n2CCC3)c1[N+](=O)[O-]. The number of imidazole rings is 1. The molecule has 1 aromatic carbocycles. The molecule has 1 aliphatic heterocycles. The van der Waals surface area contributed by atoms with Crippen molar-refractivity contribution in [3.63, 3.8) is 0 Å². The van der Waals surface area contributed by atoms with Gasteiger partial charge in [-0.2, -0.15) is 0 Å². The molecule has 0 radical (unpaired) electrons. The van der Waals surface area contributed by atoms with E-state index in [2.05, 4.69) is 4.98 Å². The molecule has 0 N–H and O–H groups in total. The number of hydrogen-bond acceptors (Lipinski definition) is 4. The lowest BCUT2D eigenvalue weighted by Crippen LogP contribution is -1.96. The van der Waals surface area contributed by atoms with Crippen molar-refractivity contribution >= 4 is 16.7 Å². The van der Waals surface area contributed by atoms with Gasteiger partial charge in [-0.25, -0.2) is 4.98 Å². The molecular formula is C11H11N3O3. The highest BCUT2D eigenvalue weighted by Gasteiger charge is 2.26. The van der Waals surface area contributed by atoms with Gasteiger partial charge in [-0.1, -0.05) is 0 Å². The second-order valence-electron chi connectivity index (χ2n) is 4.02. The fourth-order valence-electron chi connectivity index (χ4n) is 2.38. The second-order valence-corrected chi connectivity index (χ2v) is 4.02. The highest BCUT2D eigenvalue weighted by Crippen LogP contribution is 2.36. The number of nitrogens with zero attached hydrogens (tertiary/aromatic N) is 3. The topological polar surface area (TPSA) is 70.2 Å². The fourth-order valence-corrected chi connectivity index (χ4v) is 2.38. The Hall–Kier alpha value is -2.11. The average Bonchev–Trinajstić information content (AvgIpc) is 2.86. The first kappa shape index (κ1) is 10.1. The number of methoxy groups -OCH3 is 1. The molecule has 6 nitrogen and oxygen atoms in total. The van der Waals surface area contributed by atoms with E-state index in [0.29, 0.717) is 5.52 Å². The summed E-state index contributed by atoms with van der Waals surface area (Å²) in [6.07, 6.45) is 1.94. The van der Waals surface area contributed by atoms with Crippen LogP contribution >= 0.6 is 0 Å². The fraction of sp³-hybridized carbons (Fsp3) is 0.364. The van der Waals surface area contributed by atoms with E-state index in [1.165, 1.54) is 7.11 Å². The molecule has 0 amide bonds. The number of hydrogen-bond donors (Lipinski definition) is 0. The van der Waals surface area contributed by atoms with Gasteiger partial charge in [0.1, 0.15) is 5.82 Å². The molecule has 0 spiro atoms. The van der Waals surface area contributed by atoms with Crippen LogP contribution in [0.15, 0.2) is 12.1 Å². The first-order valence-corrected chi connectivity index (χ1v) is 5.43. The maximum atomic E-state index is 11.1.